The Kier molecular flexibility index (Phi) is 5.28. The van der Waals surface area contributed by atoms with Crippen LogP contribution in [0.4, 0.5) is 5.69 Å². The molecule has 8 heteroatoms. The lowest BCUT2D eigenvalue weighted by Crippen LogP contribution is -2.40. The normalized spacial score (nSPS) is 24.1. The highest BCUT2D eigenvalue weighted by molar-refractivity contribution is 6.35. The topological polar surface area (TPSA) is 77.0 Å². The molecule has 1 aromatic carbocycles. The number of anilines is 1. The van der Waals surface area contributed by atoms with Crippen LogP contribution in [-0.2, 0) is 19.0 Å². The molecule has 2 N–H and O–H groups in total. The number of benzene rings is 1. The van der Waals surface area contributed by atoms with Crippen molar-refractivity contribution in [1.29, 1.82) is 0 Å². The molecule has 2 aliphatic rings. The number of rotatable bonds is 4. The molecule has 6 nitrogen and oxygen atoms in total. The Morgan fingerprint density at radius 3 is 2.78 bits per heavy atom. The maximum Gasteiger partial charge on any atom is 0.328 e. The van der Waals surface area contributed by atoms with Crippen LogP contribution in [0.3, 0.4) is 0 Å². The van der Waals surface area contributed by atoms with Gasteiger partial charge < -0.3 is 24.6 Å². The van der Waals surface area contributed by atoms with Crippen molar-refractivity contribution in [1.82, 2.24) is 0 Å². The Bertz CT molecular complexity index is 591. The zero-order chi connectivity index (χ0) is 16.4. The molecule has 0 radical (unpaired) electrons. The average molecular weight is 362 g/mol. The predicted octanol–water partition coefficient (Wildman–Crippen LogP) is 2.17. The van der Waals surface area contributed by atoms with E-state index in [1.807, 2.05) is 0 Å². The standard InChI is InChI=1S/C15H17Cl2NO5/c16-8-5-10(17)13-9(15-22-3-4-23-15)7-12(18-11(13)6-8)14(20)21-2-1-19/h5-6,9,12,15,18-19H,1-4,7H2. The van der Waals surface area contributed by atoms with Crippen molar-refractivity contribution in [2.45, 2.75) is 24.7 Å². The van der Waals surface area contributed by atoms with Crippen molar-refractivity contribution in [2.24, 2.45) is 0 Å². The Morgan fingerprint density at radius 1 is 1.35 bits per heavy atom. The number of hydrogen-bond donors (Lipinski definition) is 2. The Labute approximate surface area is 143 Å². The van der Waals surface area contributed by atoms with Gasteiger partial charge in [-0.05, 0) is 18.6 Å². The third-order valence-electron chi connectivity index (χ3n) is 3.88. The molecular weight excluding hydrogens is 345 g/mol. The number of carbonyl (C=O) groups is 1. The summed E-state index contributed by atoms with van der Waals surface area (Å²) >= 11 is 12.4. The largest absolute Gasteiger partial charge is 0.462 e. The zero-order valence-corrected chi connectivity index (χ0v) is 13.8. The fourth-order valence-corrected chi connectivity index (χ4v) is 3.59. The van der Waals surface area contributed by atoms with Crippen molar-refractivity contribution in [3.05, 3.63) is 27.7 Å². The third-order valence-corrected chi connectivity index (χ3v) is 4.41. The van der Waals surface area contributed by atoms with Crippen LogP contribution in [0.25, 0.3) is 0 Å². The monoisotopic (exact) mass is 361 g/mol. The van der Waals surface area contributed by atoms with Gasteiger partial charge in [-0.3, -0.25) is 0 Å². The molecule has 2 heterocycles. The SMILES string of the molecule is O=C(OCCO)C1CC(C2OCCO2)c2c(Cl)cc(Cl)cc2N1. The summed E-state index contributed by atoms with van der Waals surface area (Å²) in [6, 6.07) is 2.80. The first kappa shape index (κ1) is 16.8. The van der Waals surface area contributed by atoms with Gasteiger partial charge in [0.15, 0.2) is 6.29 Å². The lowest BCUT2D eigenvalue weighted by Gasteiger charge is -2.34. The quantitative estimate of drug-likeness (QED) is 0.800. The van der Waals surface area contributed by atoms with Crippen LogP contribution >= 0.6 is 23.2 Å². The van der Waals surface area contributed by atoms with E-state index in [2.05, 4.69) is 5.32 Å². The maximum atomic E-state index is 12.2. The predicted molar refractivity (Wildman–Crippen MR) is 85.0 cm³/mol. The van der Waals surface area contributed by atoms with Crippen LogP contribution in [-0.4, -0.2) is 49.8 Å². The molecule has 1 aromatic rings. The Hall–Kier alpha value is -1.05. The van der Waals surface area contributed by atoms with Crippen LogP contribution in [0, 0.1) is 0 Å². The van der Waals surface area contributed by atoms with E-state index >= 15 is 0 Å². The minimum Gasteiger partial charge on any atom is -0.462 e. The Balaban J connectivity index is 1.90. The number of aliphatic hydroxyl groups is 1. The summed E-state index contributed by atoms with van der Waals surface area (Å²) in [7, 11) is 0. The first-order valence-corrected chi connectivity index (χ1v) is 8.12. The van der Waals surface area contributed by atoms with Gasteiger partial charge in [0.25, 0.3) is 0 Å². The summed E-state index contributed by atoms with van der Waals surface area (Å²) in [6.07, 6.45) is -0.0359. The minimum absolute atomic E-state index is 0.0404. The van der Waals surface area contributed by atoms with Gasteiger partial charge in [-0.1, -0.05) is 23.2 Å². The summed E-state index contributed by atoms with van der Waals surface area (Å²) in [4.78, 5) is 12.2. The molecule has 1 fully saturated rings. The number of ether oxygens (including phenoxy) is 3. The second-order valence-corrected chi connectivity index (χ2v) is 6.23. The summed E-state index contributed by atoms with van der Waals surface area (Å²) in [5.41, 5.74) is 1.50. The number of esters is 1. The van der Waals surface area contributed by atoms with E-state index in [0.29, 0.717) is 35.4 Å². The number of halogens is 2. The molecule has 23 heavy (non-hydrogen) atoms. The molecular formula is C15H17Cl2NO5. The van der Waals surface area contributed by atoms with Crippen LogP contribution in [0.5, 0.6) is 0 Å². The van der Waals surface area contributed by atoms with E-state index < -0.39 is 18.3 Å². The number of fused-ring (bicyclic) bond motifs is 1. The van der Waals surface area contributed by atoms with Crippen molar-refractivity contribution < 1.29 is 24.1 Å². The number of carbonyl (C=O) groups excluding carboxylic acids is 1. The fourth-order valence-electron chi connectivity index (χ4n) is 2.96. The Morgan fingerprint density at radius 2 is 2.09 bits per heavy atom. The highest BCUT2D eigenvalue weighted by Crippen LogP contribution is 2.44. The van der Waals surface area contributed by atoms with E-state index in [1.54, 1.807) is 12.1 Å². The number of nitrogens with one attached hydrogen (secondary N) is 1. The van der Waals surface area contributed by atoms with Gasteiger partial charge in [0.1, 0.15) is 12.6 Å². The summed E-state index contributed by atoms with van der Waals surface area (Å²) in [6.45, 7) is 0.760. The van der Waals surface area contributed by atoms with Gasteiger partial charge >= 0.3 is 5.97 Å². The van der Waals surface area contributed by atoms with Gasteiger partial charge in [0, 0.05) is 27.2 Å². The first-order valence-electron chi connectivity index (χ1n) is 7.36. The second-order valence-electron chi connectivity index (χ2n) is 5.39. The molecule has 0 amide bonds. The third kappa shape index (κ3) is 3.56. The molecule has 0 saturated carbocycles. The summed E-state index contributed by atoms with van der Waals surface area (Å²) in [5, 5.41) is 12.9. The fraction of sp³-hybridized carbons (Fsp3) is 0.533. The van der Waals surface area contributed by atoms with Crippen LogP contribution in [0.15, 0.2) is 12.1 Å². The van der Waals surface area contributed by atoms with Crippen molar-refractivity contribution >= 4 is 34.9 Å². The molecule has 2 unspecified atom stereocenters. The molecule has 0 bridgehead atoms. The van der Waals surface area contributed by atoms with Crippen molar-refractivity contribution in [2.75, 3.05) is 31.7 Å². The average Bonchev–Trinajstić information content (AvgIpc) is 3.05. The minimum atomic E-state index is -0.582. The zero-order valence-electron chi connectivity index (χ0n) is 12.3. The second kappa shape index (κ2) is 7.23. The van der Waals surface area contributed by atoms with Gasteiger partial charge in [0.05, 0.1) is 19.8 Å². The van der Waals surface area contributed by atoms with E-state index in [-0.39, 0.29) is 19.1 Å². The van der Waals surface area contributed by atoms with Crippen molar-refractivity contribution in [3.8, 4) is 0 Å². The number of aliphatic hydroxyl groups excluding tert-OH is 1. The van der Waals surface area contributed by atoms with E-state index in [1.165, 1.54) is 0 Å². The van der Waals surface area contributed by atoms with Gasteiger partial charge in [0.2, 0.25) is 0 Å². The molecule has 0 aromatic heterocycles. The molecule has 126 valence electrons. The molecule has 2 aliphatic heterocycles. The molecule has 1 saturated heterocycles. The molecule has 3 rings (SSSR count). The maximum absolute atomic E-state index is 12.2. The van der Waals surface area contributed by atoms with Gasteiger partial charge in [-0.2, -0.15) is 0 Å². The smallest absolute Gasteiger partial charge is 0.328 e. The highest BCUT2D eigenvalue weighted by atomic mass is 35.5. The van der Waals surface area contributed by atoms with Crippen LogP contribution in [0.1, 0.15) is 17.9 Å². The summed E-state index contributed by atoms with van der Waals surface area (Å²) in [5.74, 6) is -0.644. The molecule has 0 aliphatic carbocycles. The highest BCUT2D eigenvalue weighted by Gasteiger charge is 2.39. The van der Waals surface area contributed by atoms with E-state index in [0.717, 1.165) is 5.56 Å². The van der Waals surface area contributed by atoms with Gasteiger partial charge in [-0.25, -0.2) is 4.79 Å². The molecule has 2 atom stereocenters. The summed E-state index contributed by atoms with van der Waals surface area (Å²) < 4.78 is 16.2. The number of hydrogen-bond acceptors (Lipinski definition) is 6. The lowest BCUT2D eigenvalue weighted by atomic mass is 9.86. The van der Waals surface area contributed by atoms with Crippen LogP contribution < -0.4 is 5.32 Å². The first-order chi connectivity index (χ1) is 11.1. The van der Waals surface area contributed by atoms with Crippen molar-refractivity contribution in [3.63, 3.8) is 0 Å². The van der Waals surface area contributed by atoms with Gasteiger partial charge in [-0.15, -0.1) is 0 Å². The van der Waals surface area contributed by atoms with Crippen LogP contribution in [0.2, 0.25) is 10.0 Å². The van der Waals surface area contributed by atoms with E-state index in [4.69, 9.17) is 42.5 Å². The lowest BCUT2D eigenvalue weighted by molar-refractivity contribution is -0.146. The van der Waals surface area contributed by atoms with E-state index in [9.17, 15) is 4.79 Å². The molecule has 0 spiro atoms.